The number of carboxylic acid groups (broad SMARTS) is 1. The third kappa shape index (κ3) is 2.43. The Morgan fingerprint density at radius 1 is 1.09 bits per heavy atom. The molecular formula is C16H14ClNO4S. The van der Waals surface area contributed by atoms with E-state index in [1.54, 1.807) is 30.3 Å². The van der Waals surface area contributed by atoms with Gasteiger partial charge >= 0.3 is 5.97 Å². The molecule has 0 aromatic heterocycles. The molecule has 0 heterocycles. The molecule has 0 unspecified atom stereocenters. The maximum absolute atomic E-state index is 12.8. The molecule has 1 saturated carbocycles. The summed E-state index contributed by atoms with van der Waals surface area (Å²) in [5.74, 6) is -2.12. The highest BCUT2D eigenvalue weighted by Crippen LogP contribution is 2.55. The van der Waals surface area contributed by atoms with Crippen LogP contribution in [-0.2, 0) is 14.6 Å². The number of nitrogens with two attached hydrogens (primary N) is 1. The second-order valence-electron chi connectivity index (χ2n) is 5.55. The van der Waals surface area contributed by atoms with Crippen molar-refractivity contribution in [3.05, 3.63) is 65.2 Å². The van der Waals surface area contributed by atoms with Crippen LogP contribution >= 0.6 is 11.6 Å². The van der Waals surface area contributed by atoms with Crippen molar-refractivity contribution in [2.75, 3.05) is 0 Å². The lowest BCUT2D eigenvalue weighted by atomic mass is 10.1. The Morgan fingerprint density at radius 2 is 1.65 bits per heavy atom. The average Bonchev–Trinajstić information content (AvgIpc) is 3.17. The molecule has 3 rings (SSSR count). The number of hydrogen-bond donors (Lipinski definition) is 2. The Hall–Kier alpha value is -1.89. The lowest BCUT2D eigenvalue weighted by molar-refractivity contribution is -0.139. The van der Waals surface area contributed by atoms with E-state index >= 15 is 0 Å². The number of sulfone groups is 1. The summed E-state index contributed by atoms with van der Waals surface area (Å²) in [6, 6.07) is 14.2. The van der Waals surface area contributed by atoms with Gasteiger partial charge in [0.25, 0.3) is 0 Å². The Labute approximate surface area is 138 Å². The Balaban J connectivity index is 2.07. The number of rotatable bonds is 4. The Kier molecular flexibility index (Phi) is 3.71. The predicted molar refractivity (Wildman–Crippen MR) is 86.2 cm³/mol. The number of aliphatic carboxylic acids is 1. The smallest absolute Gasteiger partial charge is 0.325 e. The van der Waals surface area contributed by atoms with Crippen LogP contribution < -0.4 is 5.73 Å². The van der Waals surface area contributed by atoms with Gasteiger partial charge in [0, 0.05) is 10.9 Å². The van der Waals surface area contributed by atoms with Gasteiger partial charge in [0.05, 0.1) is 4.90 Å². The van der Waals surface area contributed by atoms with E-state index < -0.39 is 32.5 Å². The van der Waals surface area contributed by atoms with Crippen molar-refractivity contribution in [2.45, 2.75) is 21.6 Å². The van der Waals surface area contributed by atoms with E-state index in [9.17, 15) is 18.3 Å². The number of benzene rings is 2. The molecular weight excluding hydrogens is 338 g/mol. The quantitative estimate of drug-likeness (QED) is 0.878. The van der Waals surface area contributed by atoms with Gasteiger partial charge in [0.1, 0.15) is 10.8 Å². The normalized spacial score (nSPS) is 26.7. The predicted octanol–water partition coefficient (Wildman–Crippen LogP) is 2.06. The van der Waals surface area contributed by atoms with Crippen LogP contribution in [0.1, 0.15) is 11.5 Å². The van der Waals surface area contributed by atoms with Crippen LogP contribution in [0.2, 0.25) is 5.02 Å². The van der Waals surface area contributed by atoms with Crippen LogP contribution in [0.4, 0.5) is 0 Å². The van der Waals surface area contributed by atoms with Gasteiger partial charge in [-0.15, -0.1) is 0 Å². The third-order valence-corrected chi connectivity index (χ3v) is 6.70. The molecule has 1 aliphatic carbocycles. The molecule has 2 aromatic carbocycles. The highest BCUT2D eigenvalue weighted by molar-refractivity contribution is 7.92. The molecule has 0 spiro atoms. The summed E-state index contributed by atoms with van der Waals surface area (Å²) in [7, 11) is -3.90. The van der Waals surface area contributed by atoms with Crippen molar-refractivity contribution >= 4 is 27.4 Å². The Morgan fingerprint density at radius 3 is 2.17 bits per heavy atom. The second kappa shape index (κ2) is 5.33. The van der Waals surface area contributed by atoms with Gasteiger partial charge in [-0.25, -0.2) is 8.42 Å². The van der Waals surface area contributed by atoms with Crippen LogP contribution in [-0.4, -0.2) is 30.3 Å². The second-order valence-corrected chi connectivity index (χ2v) is 8.05. The van der Waals surface area contributed by atoms with E-state index in [1.165, 1.54) is 24.3 Å². The first-order valence-corrected chi connectivity index (χ1v) is 8.78. The van der Waals surface area contributed by atoms with Crippen molar-refractivity contribution in [1.82, 2.24) is 0 Å². The molecule has 5 nitrogen and oxygen atoms in total. The number of halogens is 1. The summed E-state index contributed by atoms with van der Waals surface area (Å²) >= 11 is 5.77. The minimum atomic E-state index is -3.90. The van der Waals surface area contributed by atoms with Crippen LogP contribution in [0.3, 0.4) is 0 Å². The molecule has 3 atom stereocenters. The zero-order valence-electron chi connectivity index (χ0n) is 11.9. The fourth-order valence-electron chi connectivity index (χ4n) is 2.95. The largest absolute Gasteiger partial charge is 0.480 e. The molecule has 1 fully saturated rings. The van der Waals surface area contributed by atoms with E-state index in [2.05, 4.69) is 0 Å². The lowest BCUT2D eigenvalue weighted by Crippen LogP contribution is -2.39. The first-order chi connectivity index (χ1) is 10.8. The van der Waals surface area contributed by atoms with Crippen molar-refractivity contribution in [3.63, 3.8) is 0 Å². The van der Waals surface area contributed by atoms with Crippen molar-refractivity contribution in [1.29, 1.82) is 0 Å². The van der Waals surface area contributed by atoms with Crippen LogP contribution in [0.25, 0.3) is 0 Å². The van der Waals surface area contributed by atoms with Gasteiger partial charge in [0.2, 0.25) is 0 Å². The van der Waals surface area contributed by atoms with Crippen molar-refractivity contribution in [2.24, 2.45) is 5.73 Å². The fraction of sp³-hybridized carbons (Fsp3) is 0.188. The molecule has 120 valence electrons. The summed E-state index contributed by atoms with van der Waals surface area (Å²) < 4.78 is 25.6. The topological polar surface area (TPSA) is 97.5 Å². The number of hydrogen-bond acceptors (Lipinski definition) is 4. The van der Waals surface area contributed by atoms with Gasteiger partial charge in [0.15, 0.2) is 9.84 Å². The van der Waals surface area contributed by atoms with Crippen molar-refractivity contribution < 1.29 is 18.3 Å². The van der Waals surface area contributed by atoms with Gasteiger partial charge in [-0.1, -0.05) is 41.9 Å². The summed E-state index contributed by atoms with van der Waals surface area (Å²) in [4.78, 5) is 11.6. The number of carboxylic acids is 1. The SMILES string of the molecule is N[C@@]1(C(=O)O)[C@@H](c2ccccc2)[C@@H]1S(=O)(=O)c1ccc(Cl)cc1. The van der Waals surface area contributed by atoms with E-state index in [1.807, 2.05) is 0 Å². The molecule has 0 saturated heterocycles. The summed E-state index contributed by atoms with van der Waals surface area (Å²) in [5.41, 5.74) is 4.72. The maximum atomic E-state index is 12.8. The molecule has 1 aliphatic rings. The molecule has 23 heavy (non-hydrogen) atoms. The number of carbonyl (C=O) groups is 1. The van der Waals surface area contributed by atoms with Crippen molar-refractivity contribution in [3.8, 4) is 0 Å². The van der Waals surface area contributed by atoms with Gasteiger partial charge in [-0.05, 0) is 29.8 Å². The highest BCUT2D eigenvalue weighted by atomic mass is 35.5. The molecule has 0 bridgehead atoms. The van der Waals surface area contributed by atoms with E-state index in [0.717, 1.165) is 0 Å². The van der Waals surface area contributed by atoms with E-state index in [-0.39, 0.29) is 4.90 Å². The molecule has 0 amide bonds. The van der Waals surface area contributed by atoms with E-state index in [4.69, 9.17) is 17.3 Å². The first-order valence-electron chi connectivity index (χ1n) is 6.86. The minimum Gasteiger partial charge on any atom is -0.480 e. The zero-order valence-corrected chi connectivity index (χ0v) is 13.5. The molecule has 7 heteroatoms. The van der Waals surface area contributed by atoms with E-state index in [0.29, 0.717) is 10.6 Å². The zero-order chi connectivity index (χ0) is 16.8. The minimum absolute atomic E-state index is 0.0152. The maximum Gasteiger partial charge on any atom is 0.325 e. The molecule has 0 aliphatic heterocycles. The third-order valence-electron chi connectivity index (χ3n) is 4.18. The van der Waals surface area contributed by atoms with Crippen LogP contribution in [0.15, 0.2) is 59.5 Å². The summed E-state index contributed by atoms with van der Waals surface area (Å²) in [6.07, 6.45) is 0. The standard InChI is InChI=1S/C16H14ClNO4S/c17-11-6-8-12(9-7-11)23(21,22)14-13(16(14,18)15(19)20)10-4-2-1-3-5-10/h1-9,13-14H,18H2,(H,19,20)/t13-,14-,16-/m0/s1. The summed E-state index contributed by atoms with van der Waals surface area (Å²) in [5, 5.41) is 8.65. The fourth-order valence-corrected chi connectivity index (χ4v) is 5.30. The molecule has 2 aromatic rings. The Bertz CT molecular complexity index is 851. The van der Waals surface area contributed by atoms with Gasteiger partial charge in [-0.2, -0.15) is 0 Å². The molecule has 3 N–H and O–H groups in total. The van der Waals surface area contributed by atoms with Crippen LogP contribution in [0.5, 0.6) is 0 Å². The average molecular weight is 352 g/mol. The summed E-state index contributed by atoms with van der Waals surface area (Å²) in [6.45, 7) is 0. The van der Waals surface area contributed by atoms with Gasteiger partial charge in [-0.3, -0.25) is 4.79 Å². The van der Waals surface area contributed by atoms with Gasteiger partial charge < -0.3 is 10.8 Å². The lowest BCUT2D eigenvalue weighted by Gasteiger charge is -2.06. The monoisotopic (exact) mass is 351 g/mol. The highest BCUT2D eigenvalue weighted by Gasteiger charge is 2.74. The first kappa shape index (κ1) is 16.0. The van der Waals surface area contributed by atoms with Crippen LogP contribution in [0, 0.1) is 0 Å². The molecule has 0 radical (unpaired) electrons.